The molecule has 0 saturated heterocycles. The van der Waals surface area contributed by atoms with Crippen LogP contribution in [-0.2, 0) is 11.2 Å². The maximum absolute atomic E-state index is 11.8. The summed E-state index contributed by atoms with van der Waals surface area (Å²) in [6.07, 6.45) is 0.594. The van der Waals surface area contributed by atoms with E-state index in [1.807, 2.05) is 24.3 Å². The van der Waals surface area contributed by atoms with Gasteiger partial charge in [0.2, 0.25) is 0 Å². The second-order valence-electron chi connectivity index (χ2n) is 5.07. The van der Waals surface area contributed by atoms with Crippen LogP contribution in [0.25, 0.3) is 0 Å². The van der Waals surface area contributed by atoms with E-state index in [0.29, 0.717) is 13.0 Å². The predicted molar refractivity (Wildman–Crippen MR) is 93.3 cm³/mol. The van der Waals surface area contributed by atoms with Gasteiger partial charge in [-0.15, -0.1) is 0 Å². The summed E-state index contributed by atoms with van der Waals surface area (Å²) in [6.45, 7) is 0.0691. The number of nitro groups is 1. The second kappa shape index (κ2) is 8.89. The van der Waals surface area contributed by atoms with Gasteiger partial charge in [0.05, 0.1) is 12.0 Å². The summed E-state index contributed by atoms with van der Waals surface area (Å²) in [5.41, 5.74) is 0.689. The molecule has 0 aliphatic heterocycles. The molecule has 0 aliphatic rings. The van der Waals surface area contributed by atoms with E-state index >= 15 is 0 Å². The number of hydrogen-bond acceptors (Lipinski definition) is 5. The molecule has 2 rings (SSSR count). The van der Waals surface area contributed by atoms with Crippen LogP contribution in [0.2, 0.25) is 5.02 Å². The lowest BCUT2D eigenvalue weighted by atomic mass is 10.1. The highest BCUT2D eigenvalue weighted by atomic mass is 35.5. The Labute approximate surface area is 149 Å². The number of methoxy groups -OCH3 is 1. The van der Waals surface area contributed by atoms with Crippen LogP contribution in [0, 0.1) is 10.1 Å². The van der Waals surface area contributed by atoms with Crippen LogP contribution >= 0.6 is 11.6 Å². The minimum Gasteiger partial charge on any atom is -0.496 e. The van der Waals surface area contributed by atoms with Crippen molar-refractivity contribution in [3.05, 3.63) is 63.2 Å². The van der Waals surface area contributed by atoms with Crippen LogP contribution in [0.15, 0.2) is 42.5 Å². The number of nitrogens with one attached hydrogen (secondary N) is 1. The van der Waals surface area contributed by atoms with E-state index in [4.69, 9.17) is 21.1 Å². The Morgan fingerprint density at radius 3 is 2.72 bits per heavy atom. The Bertz CT molecular complexity index is 766. The molecular weight excluding hydrogens is 348 g/mol. The summed E-state index contributed by atoms with van der Waals surface area (Å²) in [4.78, 5) is 22.2. The first-order valence-electron chi connectivity index (χ1n) is 7.46. The largest absolute Gasteiger partial charge is 0.496 e. The highest BCUT2D eigenvalue weighted by Gasteiger charge is 2.16. The Hall–Kier alpha value is -2.80. The smallest absolute Gasteiger partial charge is 0.312 e. The molecule has 0 atom stereocenters. The lowest BCUT2D eigenvalue weighted by Gasteiger charge is -2.10. The monoisotopic (exact) mass is 364 g/mol. The first kappa shape index (κ1) is 18.5. The van der Waals surface area contributed by atoms with Crippen LogP contribution in [0.1, 0.15) is 5.56 Å². The summed E-state index contributed by atoms with van der Waals surface area (Å²) in [7, 11) is 1.59. The molecule has 0 spiro atoms. The summed E-state index contributed by atoms with van der Waals surface area (Å²) < 4.78 is 10.5. The molecule has 132 valence electrons. The third-order valence-electron chi connectivity index (χ3n) is 3.39. The standard InChI is InChI=1S/C17H17ClN2O5/c1-24-15-5-3-2-4-12(15)8-9-19-17(21)11-25-16-7-6-13(18)10-14(16)20(22)23/h2-7,10H,8-9,11H2,1H3,(H,19,21). The van der Waals surface area contributed by atoms with Crippen molar-refractivity contribution in [1.29, 1.82) is 0 Å². The van der Waals surface area contributed by atoms with Gasteiger partial charge in [-0.1, -0.05) is 29.8 Å². The number of nitrogens with zero attached hydrogens (tertiary/aromatic N) is 1. The molecule has 0 unspecified atom stereocenters. The number of amides is 1. The number of carbonyl (C=O) groups is 1. The molecule has 0 aliphatic carbocycles. The van der Waals surface area contributed by atoms with E-state index < -0.39 is 4.92 Å². The number of nitro benzene ring substituents is 1. The number of hydrogen-bond donors (Lipinski definition) is 1. The summed E-state index contributed by atoms with van der Waals surface area (Å²) in [5.74, 6) is 0.373. The third-order valence-corrected chi connectivity index (χ3v) is 3.62. The number of rotatable bonds is 8. The van der Waals surface area contributed by atoms with Crippen molar-refractivity contribution in [2.75, 3.05) is 20.3 Å². The molecular formula is C17H17ClN2O5. The molecule has 0 fully saturated rings. The third kappa shape index (κ3) is 5.36. The van der Waals surface area contributed by atoms with E-state index in [1.54, 1.807) is 7.11 Å². The highest BCUT2D eigenvalue weighted by Crippen LogP contribution is 2.29. The Balaban J connectivity index is 1.84. The summed E-state index contributed by atoms with van der Waals surface area (Å²) in [5, 5.41) is 13.9. The van der Waals surface area contributed by atoms with Crippen molar-refractivity contribution in [1.82, 2.24) is 5.32 Å². The van der Waals surface area contributed by atoms with Gasteiger partial charge >= 0.3 is 5.69 Å². The van der Waals surface area contributed by atoms with E-state index in [9.17, 15) is 14.9 Å². The Kier molecular flexibility index (Phi) is 6.59. The minimum atomic E-state index is -0.610. The highest BCUT2D eigenvalue weighted by molar-refractivity contribution is 6.30. The van der Waals surface area contributed by atoms with Crippen molar-refractivity contribution in [2.45, 2.75) is 6.42 Å². The maximum atomic E-state index is 11.8. The molecule has 8 heteroatoms. The zero-order valence-corrected chi connectivity index (χ0v) is 14.3. The fourth-order valence-electron chi connectivity index (χ4n) is 2.20. The van der Waals surface area contributed by atoms with E-state index in [2.05, 4.69) is 5.32 Å². The molecule has 0 saturated carbocycles. The Morgan fingerprint density at radius 1 is 1.24 bits per heavy atom. The Morgan fingerprint density at radius 2 is 2.00 bits per heavy atom. The van der Waals surface area contributed by atoms with E-state index in [-0.39, 0.29) is 29.0 Å². The van der Waals surface area contributed by atoms with Gasteiger partial charge in [0.1, 0.15) is 5.75 Å². The number of carbonyl (C=O) groups excluding carboxylic acids is 1. The topological polar surface area (TPSA) is 90.7 Å². The number of halogens is 1. The van der Waals surface area contributed by atoms with Gasteiger partial charge in [-0.05, 0) is 30.2 Å². The van der Waals surface area contributed by atoms with E-state index in [0.717, 1.165) is 11.3 Å². The first-order chi connectivity index (χ1) is 12.0. The first-order valence-corrected chi connectivity index (χ1v) is 7.84. The minimum absolute atomic E-state index is 0.00530. The average Bonchev–Trinajstić information content (AvgIpc) is 2.61. The van der Waals surface area contributed by atoms with Crippen molar-refractivity contribution < 1.29 is 19.2 Å². The average molecular weight is 365 g/mol. The van der Waals surface area contributed by atoms with Gasteiger partial charge in [0, 0.05) is 17.6 Å². The molecule has 1 amide bonds. The van der Waals surface area contributed by atoms with Crippen LogP contribution in [0.4, 0.5) is 5.69 Å². The summed E-state index contributed by atoms with van der Waals surface area (Å²) in [6, 6.07) is 11.5. The van der Waals surface area contributed by atoms with E-state index in [1.165, 1.54) is 18.2 Å². The maximum Gasteiger partial charge on any atom is 0.312 e. The quantitative estimate of drug-likeness (QED) is 0.574. The molecule has 2 aromatic rings. The normalized spacial score (nSPS) is 10.2. The lowest BCUT2D eigenvalue weighted by Crippen LogP contribution is -2.30. The van der Waals surface area contributed by atoms with Crippen LogP contribution in [0.5, 0.6) is 11.5 Å². The zero-order chi connectivity index (χ0) is 18.2. The van der Waals surface area contributed by atoms with Crippen LogP contribution in [0.3, 0.4) is 0 Å². The number of benzene rings is 2. The number of ether oxygens (including phenoxy) is 2. The van der Waals surface area contributed by atoms with Crippen molar-refractivity contribution in [3.63, 3.8) is 0 Å². The van der Waals surface area contributed by atoms with Crippen molar-refractivity contribution in [3.8, 4) is 11.5 Å². The molecule has 0 aromatic heterocycles. The molecule has 0 heterocycles. The summed E-state index contributed by atoms with van der Waals surface area (Å²) >= 11 is 5.73. The molecule has 0 radical (unpaired) electrons. The predicted octanol–water partition coefficient (Wildman–Crippen LogP) is 2.99. The molecule has 1 N–H and O–H groups in total. The van der Waals surface area contributed by atoms with Gasteiger partial charge in [-0.25, -0.2) is 0 Å². The van der Waals surface area contributed by atoms with Crippen molar-refractivity contribution in [2.24, 2.45) is 0 Å². The molecule has 25 heavy (non-hydrogen) atoms. The van der Waals surface area contributed by atoms with Gasteiger partial charge in [-0.2, -0.15) is 0 Å². The zero-order valence-electron chi connectivity index (χ0n) is 13.5. The van der Waals surface area contributed by atoms with Crippen molar-refractivity contribution >= 4 is 23.2 Å². The van der Waals surface area contributed by atoms with Gasteiger partial charge in [0.15, 0.2) is 12.4 Å². The molecule has 0 bridgehead atoms. The SMILES string of the molecule is COc1ccccc1CCNC(=O)COc1ccc(Cl)cc1[N+](=O)[O-]. The fourth-order valence-corrected chi connectivity index (χ4v) is 2.36. The van der Waals surface area contributed by atoms with Crippen LogP contribution in [-0.4, -0.2) is 31.1 Å². The molecule has 7 nitrogen and oxygen atoms in total. The van der Waals surface area contributed by atoms with Gasteiger partial charge < -0.3 is 14.8 Å². The van der Waals surface area contributed by atoms with Gasteiger partial charge in [-0.3, -0.25) is 14.9 Å². The lowest BCUT2D eigenvalue weighted by molar-refractivity contribution is -0.385. The van der Waals surface area contributed by atoms with Crippen LogP contribution < -0.4 is 14.8 Å². The van der Waals surface area contributed by atoms with Gasteiger partial charge in [0.25, 0.3) is 5.91 Å². The fraction of sp³-hybridized carbons (Fsp3) is 0.235. The molecule has 2 aromatic carbocycles. The number of para-hydroxylation sites is 1. The second-order valence-corrected chi connectivity index (χ2v) is 5.51.